The highest BCUT2D eigenvalue weighted by molar-refractivity contribution is 5.72. The molecule has 1 aliphatic heterocycles. The predicted octanol–water partition coefficient (Wildman–Crippen LogP) is 1.25. The van der Waals surface area contributed by atoms with Crippen LogP contribution in [-0.2, 0) is 9.53 Å². The highest BCUT2D eigenvalue weighted by atomic mass is 16.6. The van der Waals surface area contributed by atoms with E-state index in [1.807, 2.05) is 0 Å². The number of rotatable bonds is 4. The lowest BCUT2D eigenvalue weighted by Gasteiger charge is -2.22. The molecule has 5 heteroatoms. The fourth-order valence-corrected chi connectivity index (χ4v) is 1.70. The van der Waals surface area contributed by atoms with E-state index in [2.05, 4.69) is 6.58 Å². The average Bonchev–Trinajstić information content (AvgIpc) is 2.61. The van der Waals surface area contributed by atoms with Gasteiger partial charge in [0.05, 0.1) is 6.42 Å². The van der Waals surface area contributed by atoms with Crippen molar-refractivity contribution in [1.82, 2.24) is 4.90 Å². The first-order valence-corrected chi connectivity index (χ1v) is 4.91. The van der Waals surface area contributed by atoms with Crippen molar-refractivity contribution in [2.24, 2.45) is 0 Å². The Bertz CT molecular complexity index is 264. The maximum Gasteiger partial charge on any atom is 0.410 e. The zero-order valence-electron chi connectivity index (χ0n) is 8.52. The molecule has 1 N–H and O–H groups in total. The van der Waals surface area contributed by atoms with Crippen LogP contribution in [0.5, 0.6) is 0 Å². The van der Waals surface area contributed by atoms with Crippen molar-refractivity contribution >= 4 is 12.1 Å². The van der Waals surface area contributed by atoms with Crippen LogP contribution in [0.3, 0.4) is 0 Å². The van der Waals surface area contributed by atoms with Gasteiger partial charge in [-0.15, -0.1) is 0 Å². The molecule has 1 aliphatic rings. The highest BCUT2D eigenvalue weighted by Gasteiger charge is 2.31. The van der Waals surface area contributed by atoms with Crippen LogP contribution >= 0.6 is 0 Å². The van der Waals surface area contributed by atoms with Gasteiger partial charge in [-0.1, -0.05) is 12.7 Å². The van der Waals surface area contributed by atoms with Crippen LogP contribution in [0.1, 0.15) is 19.3 Å². The summed E-state index contributed by atoms with van der Waals surface area (Å²) in [6.45, 7) is 4.18. The molecule has 0 aromatic carbocycles. The molecule has 1 rings (SSSR count). The Kier molecular flexibility index (Phi) is 4.15. The van der Waals surface area contributed by atoms with Gasteiger partial charge in [0.1, 0.15) is 6.61 Å². The van der Waals surface area contributed by atoms with E-state index in [1.165, 1.54) is 11.0 Å². The fraction of sp³-hybridized carbons (Fsp3) is 0.600. The van der Waals surface area contributed by atoms with Gasteiger partial charge >= 0.3 is 12.1 Å². The van der Waals surface area contributed by atoms with Crippen LogP contribution in [0.4, 0.5) is 4.79 Å². The van der Waals surface area contributed by atoms with Gasteiger partial charge in [-0.2, -0.15) is 0 Å². The van der Waals surface area contributed by atoms with E-state index < -0.39 is 12.1 Å². The molecule has 1 atom stereocenters. The van der Waals surface area contributed by atoms with Crippen molar-refractivity contribution < 1.29 is 19.4 Å². The predicted molar refractivity (Wildman–Crippen MR) is 53.5 cm³/mol. The molecule has 84 valence electrons. The maximum absolute atomic E-state index is 11.5. The zero-order valence-corrected chi connectivity index (χ0v) is 8.52. The number of carbonyl (C=O) groups excluding carboxylic acids is 1. The number of likely N-dealkylation sites (tertiary alicyclic amines) is 1. The molecule has 0 spiro atoms. The number of hydrogen-bond acceptors (Lipinski definition) is 3. The van der Waals surface area contributed by atoms with Crippen LogP contribution in [-0.4, -0.2) is 41.3 Å². The van der Waals surface area contributed by atoms with E-state index in [9.17, 15) is 9.59 Å². The van der Waals surface area contributed by atoms with Crippen molar-refractivity contribution in [3.05, 3.63) is 12.7 Å². The standard InChI is InChI=1S/C10H15NO4/c1-2-6-15-10(14)11-5-3-4-8(11)7-9(12)13/h2,8H,1,3-7H2,(H,12,13)/t8-/m0/s1. The quantitative estimate of drug-likeness (QED) is 0.713. The third kappa shape index (κ3) is 3.27. The Balaban J connectivity index is 2.47. The fourth-order valence-electron chi connectivity index (χ4n) is 1.70. The summed E-state index contributed by atoms with van der Waals surface area (Å²) in [7, 11) is 0. The van der Waals surface area contributed by atoms with E-state index in [1.54, 1.807) is 0 Å². The largest absolute Gasteiger partial charge is 0.481 e. The third-order valence-electron chi connectivity index (χ3n) is 2.35. The van der Waals surface area contributed by atoms with Gasteiger partial charge < -0.3 is 14.7 Å². The van der Waals surface area contributed by atoms with E-state index in [0.29, 0.717) is 6.54 Å². The average molecular weight is 213 g/mol. The Hall–Kier alpha value is -1.52. The number of carboxylic acids is 1. The first kappa shape index (κ1) is 11.6. The molecule has 0 bridgehead atoms. The lowest BCUT2D eigenvalue weighted by atomic mass is 10.1. The lowest BCUT2D eigenvalue weighted by molar-refractivity contribution is -0.138. The number of ether oxygens (including phenoxy) is 1. The van der Waals surface area contributed by atoms with Gasteiger partial charge in [0, 0.05) is 12.6 Å². The molecule has 1 fully saturated rings. The minimum Gasteiger partial charge on any atom is -0.481 e. The number of aliphatic carboxylic acids is 1. The van der Waals surface area contributed by atoms with Crippen molar-refractivity contribution in [1.29, 1.82) is 0 Å². The van der Waals surface area contributed by atoms with Crippen molar-refractivity contribution in [3.63, 3.8) is 0 Å². The number of carboxylic acid groups (broad SMARTS) is 1. The molecule has 1 saturated heterocycles. The normalized spacial score (nSPS) is 20.0. The van der Waals surface area contributed by atoms with Gasteiger partial charge in [0.2, 0.25) is 0 Å². The van der Waals surface area contributed by atoms with Crippen molar-refractivity contribution in [2.75, 3.05) is 13.2 Å². The Morgan fingerprint density at radius 3 is 2.93 bits per heavy atom. The lowest BCUT2D eigenvalue weighted by Crippen LogP contribution is -2.37. The molecule has 0 aromatic rings. The molecule has 0 radical (unpaired) electrons. The van der Waals surface area contributed by atoms with Gasteiger partial charge in [-0.3, -0.25) is 4.79 Å². The van der Waals surface area contributed by atoms with E-state index in [-0.39, 0.29) is 19.1 Å². The summed E-state index contributed by atoms with van der Waals surface area (Å²) < 4.78 is 4.86. The smallest absolute Gasteiger partial charge is 0.410 e. The topological polar surface area (TPSA) is 66.8 Å². The minimum atomic E-state index is -0.886. The summed E-state index contributed by atoms with van der Waals surface area (Å²) in [6, 6.07) is -0.222. The summed E-state index contributed by atoms with van der Waals surface area (Å²) >= 11 is 0. The number of nitrogens with zero attached hydrogens (tertiary/aromatic N) is 1. The molecular formula is C10H15NO4. The number of amides is 1. The number of hydrogen-bond donors (Lipinski definition) is 1. The summed E-state index contributed by atoms with van der Waals surface area (Å²) in [5.74, 6) is -0.886. The van der Waals surface area contributed by atoms with E-state index in [4.69, 9.17) is 9.84 Å². The van der Waals surface area contributed by atoms with Crippen LogP contribution < -0.4 is 0 Å². The van der Waals surface area contributed by atoms with E-state index in [0.717, 1.165) is 12.8 Å². The van der Waals surface area contributed by atoms with Gasteiger partial charge in [-0.25, -0.2) is 4.79 Å². The van der Waals surface area contributed by atoms with Crippen LogP contribution in [0.25, 0.3) is 0 Å². The van der Waals surface area contributed by atoms with Gasteiger partial charge in [-0.05, 0) is 12.8 Å². The molecule has 0 unspecified atom stereocenters. The molecule has 0 aromatic heterocycles. The number of carbonyl (C=O) groups is 2. The van der Waals surface area contributed by atoms with Crippen molar-refractivity contribution in [2.45, 2.75) is 25.3 Å². The van der Waals surface area contributed by atoms with E-state index >= 15 is 0 Å². The first-order valence-electron chi connectivity index (χ1n) is 4.91. The molecule has 5 nitrogen and oxygen atoms in total. The SMILES string of the molecule is C=CCOC(=O)N1CCC[C@H]1CC(=O)O. The third-order valence-corrected chi connectivity index (χ3v) is 2.35. The molecule has 0 saturated carbocycles. The minimum absolute atomic E-state index is 0.0107. The second-order valence-electron chi connectivity index (χ2n) is 3.45. The summed E-state index contributed by atoms with van der Waals surface area (Å²) in [5, 5.41) is 8.65. The summed E-state index contributed by atoms with van der Waals surface area (Å²) in [6.07, 6.45) is 2.60. The Labute approximate surface area is 88.3 Å². The first-order chi connectivity index (χ1) is 7.15. The zero-order chi connectivity index (χ0) is 11.3. The molecule has 15 heavy (non-hydrogen) atoms. The van der Waals surface area contributed by atoms with Crippen LogP contribution in [0.15, 0.2) is 12.7 Å². The molecule has 1 heterocycles. The Morgan fingerprint density at radius 1 is 1.60 bits per heavy atom. The summed E-state index contributed by atoms with van der Waals surface area (Å²) in [5.41, 5.74) is 0. The maximum atomic E-state index is 11.5. The molecular weight excluding hydrogens is 198 g/mol. The second-order valence-corrected chi connectivity index (χ2v) is 3.45. The van der Waals surface area contributed by atoms with Gasteiger partial charge in [0.15, 0.2) is 0 Å². The highest BCUT2D eigenvalue weighted by Crippen LogP contribution is 2.20. The van der Waals surface area contributed by atoms with Crippen LogP contribution in [0.2, 0.25) is 0 Å². The van der Waals surface area contributed by atoms with Crippen molar-refractivity contribution in [3.8, 4) is 0 Å². The second kappa shape index (κ2) is 5.38. The monoisotopic (exact) mass is 213 g/mol. The molecule has 0 aliphatic carbocycles. The van der Waals surface area contributed by atoms with Gasteiger partial charge in [0.25, 0.3) is 0 Å². The molecule has 1 amide bonds. The Morgan fingerprint density at radius 2 is 2.33 bits per heavy atom. The van der Waals surface area contributed by atoms with Crippen LogP contribution in [0, 0.1) is 0 Å². The summed E-state index contributed by atoms with van der Waals surface area (Å²) in [4.78, 5) is 23.5.